The van der Waals surface area contributed by atoms with Crippen molar-refractivity contribution in [3.63, 3.8) is 0 Å². The van der Waals surface area contributed by atoms with Gasteiger partial charge in [0.2, 0.25) is 0 Å². The summed E-state index contributed by atoms with van der Waals surface area (Å²) in [6.07, 6.45) is 2.68. The number of carbonyl (C=O) groups excluding carboxylic acids is 1. The Morgan fingerprint density at radius 2 is 2.09 bits per heavy atom. The maximum Gasteiger partial charge on any atom is 0.134 e. The molecule has 1 aliphatic rings. The molecule has 2 heteroatoms. The molecule has 11 heavy (non-hydrogen) atoms. The minimum absolute atomic E-state index is 0.446. The SMILES string of the molecule is CCN(CC)C1CCC(=O)C1. The smallest absolute Gasteiger partial charge is 0.134 e. The van der Waals surface area contributed by atoms with E-state index in [2.05, 4.69) is 18.7 Å². The van der Waals surface area contributed by atoms with Gasteiger partial charge in [-0.1, -0.05) is 13.8 Å². The summed E-state index contributed by atoms with van der Waals surface area (Å²) in [7, 11) is 0. The Morgan fingerprint density at radius 1 is 1.45 bits per heavy atom. The molecule has 1 aliphatic carbocycles. The fraction of sp³-hybridized carbons (Fsp3) is 0.889. The molecular weight excluding hydrogens is 138 g/mol. The Balaban J connectivity index is 2.40. The first-order chi connectivity index (χ1) is 5.27. The molecule has 1 unspecified atom stereocenters. The average Bonchev–Trinajstić information content (AvgIpc) is 2.39. The lowest BCUT2D eigenvalue weighted by Gasteiger charge is -2.24. The largest absolute Gasteiger partial charge is 0.300 e. The minimum Gasteiger partial charge on any atom is -0.300 e. The van der Waals surface area contributed by atoms with Crippen molar-refractivity contribution in [2.24, 2.45) is 0 Å². The van der Waals surface area contributed by atoms with Gasteiger partial charge in [0.1, 0.15) is 5.78 Å². The molecule has 1 saturated carbocycles. The summed E-state index contributed by atoms with van der Waals surface area (Å²) in [5.74, 6) is 0.446. The standard InChI is InChI=1S/C9H17NO/c1-3-10(4-2)8-5-6-9(11)7-8/h8H,3-7H2,1-2H3. The first kappa shape index (κ1) is 8.72. The predicted octanol–water partition coefficient (Wildman–Crippen LogP) is 1.45. The van der Waals surface area contributed by atoms with E-state index in [9.17, 15) is 4.79 Å². The number of carbonyl (C=O) groups is 1. The zero-order valence-corrected chi connectivity index (χ0v) is 7.47. The topological polar surface area (TPSA) is 20.3 Å². The van der Waals surface area contributed by atoms with Crippen LogP contribution in [0.2, 0.25) is 0 Å². The van der Waals surface area contributed by atoms with Crippen molar-refractivity contribution in [1.82, 2.24) is 4.90 Å². The predicted molar refractivity (Wildman–Crippen MR) is 45.6 cm³/mol. The number of hydrogen-bond acceptors (Lipinski definition) is 2. The van der Waals surface area contributed by atoms with Crippen molar-refractivity contribution < 1.29 is 4.79 Å². The van der Waals surface area contributed by atoms with E-state index in [0.29, 0.717) is 11.8 Å². The lowest BCUT2D eigenvalue weighted by molar-refractivity contribution is -0.117. The Morgan fingerprint density at radius 3 is 2.45 bits per heavy atom. The summed E-state index contributed by atoms with van der Waals surface area (Å²) in [6, 6.07) is 0.553. The summed E-state index contributed by atoms with van der Waals surface area (Å²) in [5.41, 5.74) is 0. The van der Waals surface area contributed by atoms with Crippen LogP contribution < -0.4 is 0 Å². The Kier molecular flexibility index (Phi) is 3.06. The third kappa shape index (κ3) is 2.03. The molecule has 1 atom stereocenters. The van der Waals surface area contributed by atoms with Gasteiger partial charge in [0, 0.05) is 18.9 Å². The monoisotopic (exact) mass is 155 g/mol. The highest BCUT2D eigenvalue weighted by Crippen LogP contribution is 2.19. The summed E-state index contributed by atoms with van der Waals surface area (Å²) >= 11 is 0. The van der Waals surface area contributed by atoms with Crippen molar-refractivity contribution >= 4 is 5.78 Å². The van der Waals surface area contributed by atoms with Crippen LogP contribution in [0.4, 0.5) is 0 Å². The van der Waals surface area contributed by atoms with Crippen molar-refractivity contribution in [2.45, 2.75) is 39.2 Å². The molecule has 0 aliphatic heterocycles. The second kappa shape index (κ2) is 3.86. The van der Waals surface area contributed by atoms with Crippen LogP contribution in [0.3, 0.4) is 0 Å². The Labute approximate surface area is 68.6 Å². The van der Waals surface area contributed by atoms with Gasteiger partial charge in [0.25, 0.3) is 0 Å². The summed E-state index contributed by atoms with van der Waals surface area (Å²) in [6.45, 7) is 6.47. The highest BCUT2D eigenvalue weighted by atomic mass is 16.1. The molecule has 0 N–H and O–H groups in total. The fourth-order valence-electron chi connectivity index (χ4n) is 1.85. The quantitative estimate of drug-likeness (QED) is 0.615. The molecule has 1 fully saturated rings. The van der Waals surface area contributed by atoms with Gasteiger partial charge in [-0.2, -0.15) is 0 Å². The van der Waals surface area contributed by atoms with E-state index in [1.807, 2.05) is 0 Å². The van der Waals surface area contributed by atoms with Gasteiger partial charge in [-0.15, -0.1) is 0 Å². The first-order valence-electron chi connectivity index (χ1n) is 4.53. The van der Waals surface area contributed by atoms with Crippen LogP contribution in [-0.2, 0) is 4.79 Å². The van der Waals surface area contributed by atoms with E-state index in [-0.39, 0.29) is 0 Å². The second-order valence-electron chi connectivity index (χ2n) is 3.16. The zero-order valence-electron chi connectivity index (χ0n) is 7.47. The summed E-state index contributed by atoms with van der Waals surface area (Å²) in [4.78, 5) is 13.3. The lowest BCUT2D eigenvalue weighted by Crippen LogP contribution is -2.33. The molecule has 0 bridgehead atoms. The van der Waals surface area contributed by atoms with Crippen LogP contribution >= 0.6 is 0 Å². The number of hydrogen-bond donors (Lipinski definition) is 0. The molecule has 0 spiro atoms. The number of Topliss-reactive ketones (excluding diaryl/α,β-unsaturated/α-hetero) is 1. The normalized spacial score (nSPS) is 25.0. The molecule has 64 valence electrons. The van der Waals surface area contributed by atoms with Crippen LogP contribution in [0, 0.1) is 0 Å². The van der Waals surface area contributed by atoms with Crippen LogP contribution in [0.25, 0.3) is 0 Å². The van der Waals surface area contributed by atoms with E-state index in [0.717, 1.165) is 32.4 Å². The van der Waals surface area contributed by atoms with E-state index in [1.54, 1.807) is 0 Å². The Bertz CT molecular complexity index is 140. The van der Waals surface area contributed by atoms with Crippen LogP contribution in [0.1, 0.15) is 33.1 Å². The number of rotatable bonds is 3. The van der Waals surface area contributed by atoms with Gasteiger partial charge < -0.3 is 4.90 Å². The third-order valence-corrected chi connectivity index (χ3v) is 2.55. The molecule has 0 saturated heterocycles. The highest BCUT2D eigenvalue weighted by Gasteiger charge is 2.25. The van der Waals surface area contributed by atoms with Gasteiger partial charge in [-0.3, -0.25) is 4.79 Å². The molecule has 0 amide bonds. The molecule has 0 aromatic heterocycles. The van der Waals surface area contributed by atoms with Gasteiger partial charge in [0.15, 0.2) is 0 Å². The molecular formula is C9H17NO. The van der Waals surface area contributed by atoms with Crippen LogP contribution in [0.5, 0.6) is 0 Å². The van der Waals surface area contributed by atoms with E-state index in [1.165, 1.54) is 0 Å². The maximum absolute atomic E-state index is 11.0. The summed E-state index contributed by atoms with van der Waals surface area (Å²) < 4.78 is 0. The first-order valence-corrected chi connectivity index (χ1v) is 4.53. The highest BCUT2D eigenvalue weighted by molar-refractivity contribution is 5.81. The maximum atomic E-state index is 11.0. The van der Waals surface area contributed by atoms with Gasteiger partial charge in [-0.25, -0.2) is 0 Å². The third-order valence-electron chi connectivity index (χ3n) is 2.55. The van der Waals surface area contributed by atoms with Gasteiger partial charge >= 0.3 is 0 Å². The fourth-order valence-corrected chi connectivity index (χ4v) is 1.85. The Hall–Kier alpha value is -0.370. The summed E-state index contributed by atoms with van der Waals surface area (Å²) in [5, 5.41) is 0. The molecule has 0 aromatic carbocycles. The van der Waals surface area contributed by atoms with Crippen molar-refractivity contribution in [1.29, 1.82) is 0 Å². The molecule has 0 aromatic rings. The van der Waals surface area contributed by atoms with Crippen molar-refractivity contribution in [3.8, 4) is 0 Å². The molecule has 0 radical (unpaired) electrons. The second-order valence-corrected chi connectivity index (χ2v) is 3.16. The molecule has 2 nitrogen and oxygen atoms in total. The van der Waals surface area contributed by atoms with Crippen LogP contribution in [0.15, 0.2) is 0 Å². The van der Waals surface area contributed by atoms with Gasteiger partial charge in [0.05, 0.1) is 0 Å². The van der Waals surface area contributed by atoms with Crippen molar-refractivity contribution in [2.75, 3.05) is 13.1 Å². The van der Waals surface area contributed by atoms with E-state index in [4.69, 9.17) is 0 Å². The molecule has 1 rings (SSSR count). The number of ketones is 1. The minimum atomic E-state index is 0.446. The van der Waals surface area contributed by atoms with E-state index < -0.39 is 0 Å². The molecule has 0 heterocycles. The van der Waals surface area contributed by atoms with E-state index >= 15 is 0 Å². The van der Waals surface area contributed by atoms with Crippen molar-refractivity contribution in [3.05, 3.63) is 0 Å². The average molecular weight is 155 g/mol. The zero-order chi connectivity index (χ0) is 8.27. The van der Waals surface area contributed by atoms with Crippen LogP contribution in [-0.4, -0.2) is 29.8 Å². The number of nitrogens with zero attached hydrogens (tertiary/aromatic N) is 1. The lowest BCUT2D eigenvalue weighted by atomic mass is 10.2. The van der Waals surface area contributed by atoms with Gasteiger partial charge in [-0.05, 0) is 19.5 Å².